The van der Waals surface area contributed by atoms with E-state index in [1.54, 1.807) is 18.3 Å². The lowest BCUT2D eigenvalue weighted by Gasteiger charge is -2.07. The molecule has 4 heteroatoms. The molecule has 0 saturated heterocycles. The van der Waals surface area contributed by atoms with Crippen LogP contribution < -0.4 is 0 Å². The number of nitrogens with zero attached hydrogens (tertiary/aromatic N) is 1. The molecule has 1 fully saturated rings. The predicted molar refractivity (Wildman–Crippen MR) is 47.9 cm³/mol. The van der Waals surface area contributed by atoms with Crippen LogP contribution in [0.1, 0.15) is 23.2 Å². The molecule has 0 bridgehead atoms. The number of carbonyl (C=O) groups is 2. The number of carboxylic acid groups (broad SMARTS) is 1. The topological polar surface area (TPSA) is 67.3 Å². The van der Waals surface area contributed by atoms with Gasteiger partial charge in [0.25, 0.3) is 0 Å². The predicted octanol–water partition coefficient (Wildman–Crippen LogP) is 1.13. The fourth-order valence-electron chi connectivity index (χ4n) is 1.44. The van der Waals surface area contributed by atoms with E-state index < -0.39 is 11.4 Å². The van der Waals surface area contributed by atoms with E-state index in [1.165, 1.54) is 6.20 Å². The summed E-state index contributed by atoms with van der Waals surface area (Å²) in [7, 11) is 0. The van der Waals surface area contributed by atoms with Crippen LogP contribution >= 0.6 is 0 Å². The summed E-state index contributed by atoms with van der Waals surface area (Å²) < 4.78 is 0. The lowest BCUT2D eigenvalue weighted by atomic mass is 9.96. The van der Waals surface area contributed by atoms with Gasteiger partial charge >= 0.3 is 5.97 Å². The summed E-state index contributed by atoms with van der Waals surface area (Å²) in [5.74, 6) is -1.34. The molecule has 1 heterocycles. The first kappa shape index (κ1) is 8.87. The van der Waals surface area contributed by atoms with Gasteiger partial charge in [-0.2, -0.15) is 0 Å². The second-order valence-electron chi connectivity index (χ2n) is 3.46. The molecule has 0 amide bonds. The average molecular weight is 191 g/mol. The zero-order valence-electron chi connectivity index (χ0n) is 7.43. The minimum absolute atomic E-state index is 0.321. The normalized spacial score (nSPS) is 17.4. The highest BCUT2D eigenvalue weighted by atomic mass is 16.4. The zero-order valence-corrected chi connectivity index (χ0v) is 7.43. The van der Waals surface area contributed by atoms with Gasteiger partial charge in [-0.3, -0.25) is 14.6 Å². The first-order chi connectivity index (χ1) is 6.67. The molecular weight excluding hydrogens is 182 g/mol. The van der Waals surface area contributed by atoms with E-state index in [2.05, 4.69) is 4.98 Å². The van der Waals surface area contributed by atoms with Crippen molar-refractivity contribution in [2.24, 2.45) is 5.41 Å². The molecule has 0 spiro atoms. The fourth-order valence-corrected chi connectivity index (χ4v) is 1.44. The van der Waals surface area contributed by atoms with Crippen molar-refractivity contribution >= 4 is 11.8 Å². The van der Waals surface area contributed by atoms with E-state index in [1.807, 2.05) is 0 Å². The highest BCUT2D eigenvalue weighted by Crippen LogP contribution is 2.48. The van der Waals surface area contributed by atoms with Gasteiger partial charge < -0.3 is 5.11 Å². The lowest BCUT2D eigenvalue weighted by molar-refractivity contribution is -0.141. The molecule has 0 radical (unpaired) electrons. The van der Waals surface area contributed by atoms with Crippen LogP contribution in [0.2, 0.25) is 0 Å². The van der Waals surface area contributed by atoms with Gasteiger partial charge in [-0.05, 0) is 25.0 Å². The van der Waals surface area contributed by atoms with Gasteiger partial charge in [-0.15, -0.1) is 0 Å². The number of hydrogen-bond acceptors (Lipinski definition) is 3. The van der Waals surface area contributed by atoms with Crippen molar-refractivity contribution in [3.05, 3.63) is 30.1 Å². The minimum atomic E-state index is -1.15. The Kier molecular flexibility index (Phi) is 1.84. The van der Waals surface area contributed by atoms with Crippen LogP contribution in [0.3, 0.4) is 0 Å². The number of carbonyl (C=O) groups excluding carboxylic acids is 1. The minimum Gasteiger partial charge on any atom is -0.480 e. The van der Waals surface area contributed by atoms with Gasteiger partial charge in [0.2, 0.25) is 0 Å². The quantitative estimate of drug-likeness (QED) is 0.574. The summed E-state index contributed by atoms with van der Waals surface area (Å²) in [5.41, 5.74) is -0.768. The Morgan fingerprint density at radius 2 is 2.14 bits per heavy atom. The van der Waals surface area contributed by atoms with E-state index in [0.29, 0.717) is 18.4 Å². The number of rotatable bonds is 3. The number of Topliss-reactive ketones (excluding diaryl/α,β-unsaturated/α-hetero) is 1. The van der Waals surface area contributed by atoms with Gasteiger partial charge in [0.05, 0.1) is 0 Å². The Labute approximate surface area is 80.6 Å². The Bertz CT molecular complexity index is 382. The van der Waals surface area contributed by atoms with Gasteiger partial charge in [-0.25, -0.2) is 0 Å². The molecule has 0 unspecified atom stereocenters. The van der Waals surface area contributed by atoms with E-state index in [0.717, 1.165) is 0 Å². The van der Waals surface area contributed by atoms with Crippen LogP contribution in [0, 0.1) is 5.41 Å². The summed E-state index contributed by atoms with van der Waals surface area (Å²) in [6.45, 7) is 0. The molecule has 0 aliphatic heterocycles. The molecule has 1 aliphatic rings. The molecule has 14 heavy (non-hydrogen) atoms. The Hall–Kier alpha value is -1.71. The highest BCUT2D eigenvalue weighted by Gasteiger charge is 2.56. The number of ketones is 1. The van der Waals surface area contributed by atoms with Crippen LogP contribution in [-0.2, 0) is 4.79 Å². The molecule has 1 aromatic rings. The second kappa shape index (κ2) is 2.90. The first-order valence-electron chi connectivity index (χ1n) is 4.35. The zero-order chi connectivity index (χ0) is 10.2. The van der Waals surface area contributed by atoms with Crippen molar-refractivity contribution in [2.75, 3.05) is 0 Å². The van der Waals surface area contributed by atoms with Crippen molar-refractivity contribution < 1.29 is 14.7 Å². The molecule has 72 valence electrons. The number of hydrogen-bond donors (Lipinski definition) is 1. The van der Waals surface area contributed by atoms with Crippen LogP contribution in [0.25, 0.3) is 0 Å². The molecule has 1 aliphatic carbocycles. The lowest BCUT2D eigenvalue weighted by Crippen LogP contribution is -2.25. The molecule has 1 N–H and O–H groups in total. The second-order valence-corrected chi connectivity index (χ2v) is 3.46. The van der Waals surface area contributed by atoms with Gasteiger partial charge in [-0.1, -0.05) is 0 Å². The molecule has 2 rings (SSSR count). The van der Waals surface area contributed by atoms with E-state index in [4.69, 9.17) is 5.11 Å². The maximum absolute atomic E-state index is 11.7. The average Bonchev–Trinajstić information content (AvgIpc) is 2.99. The SMILES string of the molecule is O=C(O)C1(C(=O)c2cccnc2)CC1. The standard InChI is InChI=1S/C10H9NO3/c12-8(7-2-1-5-11-6-7)10(3-4-10)9(13)14/h1-2,5-6H,3-4H2,(H,13,14). The fraction of sp³-hybridized carbons (Fsp3) is 0.300. The number of aliphatic carboxylic acids is 1. The van der Waals surface area contributed by atoms with Crippen LogP contribution in [0.15, 0.2) is 24.5 Å². The molecule has 0 aromatic carbocycles. The highest BCUT2D eigenvalue weighted by molar-refractivity contribution is 6.14. The first-order valence-corrected chi connectivity index (χ1v) is 4.35. The van der Waals surface area contributed by atoms with Crippen LogP contribution in [-0.4, -0.2) is 21.8 Å². The third-order valence-electron chi connectivity index (χ3n) is 2.52. The molecule has 4 nitrogen and oxygen atoms in total. The summed E-state index contributed by atoms with van der Waals surface area (Å²) in [6.07, 6.45) is 3.84. The summed E-state index contributed by atoms with van der Waals surface area (Å²) in [6, 6.07) is 3.23. The Morgan fingerprint density at radius 3 is 2.57 bits per heavy atom. The summed E-state index contributed by atoms with van der Waals surface area (Å²) in [4.78, 5) is 26.4. The van der Waals surface area contributed by atoms with Gasteiger partial charge in [0, 0.05) is 18.0 Å². The Balaban J connectivity index is 2.30. The molecule has 1 aromatic heterocycles. The summed E-state index contributed by atoms with van der Waals surface area (Å²) >= 11 is 0. The van der Waals surface area contributed by atoms with E-state index >= 15 is 0 Å². The molecule has 0 atom stereocenters. The third kappa shape index (κ3) is 1.19. The van der Waals surface area contributed by atoms with Crippen LogP contribution in [0.5, 0.6) is 0 Å². The smallest absolute Gasteiger partial charge is 0.317 e. The number of pyridine rings is 1. The monoisotopic (exact) mass is 191 g/mol. The van der Waals surface area contributed by atoms with Gasteiger partial charge in [0.15, 0.2) is 5.78 Å². The van der Waals surface area contributed by atoms with Crippen molar-refractivity contribution in [2.45, 2.75) is 12.8 Å². The molecule has 1 saturated carbocycles. The summed E-state index contributed by atoms with van der Waals surface area (Å²) in [5, 5.41) is 8.89. The Morgan fingerprint density at radius 1 is 1.43 bits per heavy atom. The van der Waals surface area contributed by atoms with Crippen LogP contribution in [0.4, 0.5) is 0 Å². The van der Waals surface area contributed by atoms with E-state index in [-0.39, 0.29) is 5.78 Å². The van der Waals surface area contributed by atoms with E-state index in [9.17, 15) is 9.59 Å². The largest absolute Gasteiger partial charge is 0.480 e. The molecular formula is C10H9NO3. The maximum atomic E-state index is 11.7. The van der Waals surface area contributed by atoms with Crippen molar-refractivity contribution in [1.29, 1.82) is 0 Å². The van der Waals surface area contributed by atoms with Crippen molar-refractivity contribution in [3.8, 4) is 0 Å². The number of carboxylic acids is 1. The third-order valence-corrected chi connectivity index (χ3v) is 2.52. The number of aromatic nitrogens is 1. The van der Waals surface area contributed by atoms with Crippen molar-refractivity contribution in [1.82, 2.24) is 4.98 Å². The van der Waals surface area contributed by atoms with Crippen molar-refractivity contribution in [3.63, 3.8) is 0 Å². The maximum Gasteiger partial charge on any atom is 0.317 e. The van der Waals surface area contributed by atoms with Gasteiger partial charge in [0.1, 0.15) is 5.41 Å².